The van der Waals surface area contributed by atoms with Crippen molar-refractivity contribution in [2.45, 2.75) is 6.54 Å². The van der Waals surface area contributed by atoms with Gasteiger partial charge in [0.1, 0.15) is 0 Å². The second-order valence-corrected chi connectivity index (χ2v) is 3.86. The first-order valence-electron chi connectivity index (χ1n) is 5.88. The van der Waals surface area contributed by atoms with E-state index in [9.17, 15) is 4.79 Å². The zero-order valence-electron chi connectivity index (χ0n) is 10.5. The standard InChI is InChI=1S/C14H15N3O2/c1-3-10-16(12-8-6-5-7-9-12)13-15-17(11-4-2)14(18)19-13/h3-9H,1-2,10-11H2. The van der Waals surface area contributed by atoms with Crippen LogP contribution in [0.4, 0.5) is 11.7 Å². The van der Waals surface area contributed by atoms with Gasteiger partial charge in [0.15, 0.2) is 0 Å². The number of allylic oxidation sites excluding steroid dienone is 1. The summed E-state index contributed by atoms with van der Waals surface area (Å²) in [5, 5.41) is 4.14. The van der Waals surface area contributed by atoms with E-state index in [1.807, 2.05) is 30.3 Å². The highest BCUT2D eigenvalue weighted by atomic mass is 16.4. The number of anilines is 2. The van der Waals surface area contributed by atoms with Crippen molar-refractivity contribution in [3.05, 3.63) is 66.2 Å². The Kier molecular flexibility index (Phi) is 3.97. The Morgan fingerprint density at radius 2 is 2.00 bits per heavy atom. The lowest BCUT2D eigenvalue weighted by molar-refractivity contribution is 0.490. The maximum absolute atomic E-state index is 11.6. The van der Waals surface area contributed by atoms with Crippen LogP contribution in [0.15, 0.2) is 64.9 Å². The van der Waals surface area contributed by atoms with E-state index in [0.717, 1.165) is 5.69 Å². The molecular formula is C14H15N3O2. The molecule has 0 amide bonds. The molecule has 0 spiro atoms. The summed E-state index contributed by atoms with van der Waals surface area (Å²) in [7, 11) is 0. The van der Waals surface area contributed by atoms with Crippen molar-refractivity contribution in [2.24, 2.45) is 0 Å². The van der Waals surface area contributed by atoms with Gasteiger partial charge >= 0.3 is 11.8 Å². The van der Waals surface area contributed by atoms with Gasteiger partial charge in [0.05, 0.1) is 6.54 Å². The largest absolute Gasteiger partial charge is 0.438 e. The van der Waals surface area contributed by atoms with Gasteiger partial charge in [0.25, 0.3) is 0 Å². The van der Waals surface area contributed by atoms with E-state index in [4.69, 9.17) is 4.42 Å². The molecule has 0 bridgehead atoms. The third-order valence-electron chi connectivity index (χ3n) is 2.51. The molecule has 0 unspecified atom stereocenters. The van der Waals surface area contributed by atoms with Crippen LogP contribution in [0.1, 0.15) is 0 Å². The third kappa shape index (κ3) is 2.82. The van der Waals surface area contributed by atoms with E-state index in [1.165, 1.54) is 4.68 Å². The smallest absolute Gasteiger partial charge is 0.373 e. The molecule has 0 aliphatic heterocycles. The number of benzene rings is 1. The van der Waals surface area contributed by atoms with Crippen LogP contribution in [-0.4, -0.2) is 16.3 Å². The summed E-state index contributed by atoms with van der Waals surface area (Å²) in [6, 6.07) is 9.81. The molecule has 0 radical (unpaired) electrons. The lowest BCUT2D eigenvalue weighted by Gasteiger charge is -2.17. The fraction of sp³-hybridized carbons (Fsp3) is 0.143. The van der Waals surface area contributed by atoms with Crippen LogP contribution in [-0.2, 0) is 6.54 Å². The summed E-state index contributed by atoms with van der Waals surface area (Å²) in [4.78, 5) is 13.4. The van der Waals surface area contributed by atoms with Crippen LogP contribution in [0, 0.1) is 0 Å². The Morgan fingerprint density at radius 3 is 2.63 bits per heavy atom. The number of rotatable bonds is 6. The molecule has 2 rings (SSSR count). The van der Waals surface area contributed by atoms with Crippen molar-refractivity contribution in [2.75, 3.05) is 11.4 Å². The van der Waals surface area contributed by atoms with Gasteiger partial charge in [0.2, 0.25) is 0 Å². The normalized spacial score (nSPS) is 10.1. The van der Waals surface area contributed by atoms with E-state index >= 15 is 0 Å². The van der Waals surface area contributed by atoms with Gasteiger partial charge in [-0.3, -0.25) is 4.90 Å². The first-order valence-corrected chi connectivity index (χ1v) is 5.88. The number of para-hydroxylation sites is 1. The quantitative estimate of drug-likeness (QED) is 0.745. The Hall–Kier alpha value is -2.56. The average molecular weight is 257 g/mol. The lowest BCUT2D eigenvalue weighted by atomic mass is 10.3. The summed E-state index contributed by atoms with van der Waals surface area (Å²) in [5.74, 6) is -0.500. The van der Waals surface area contributed by atoms with Gasteiger partial charge in [-0.1, -0.05) is 30.4 Å². The summed E-state index contributed by atoms with van der Waals surface area (Å²) >= 11 is 0. The number of nitrogens with zero attached hydrogens (tertiary/aromatic N) is 3. The minimum absolute atomic E-state index is 0.248. The average Bonchev–Trinajstić information content (AvgIpc) is 2.79. The van der Waals surface area contributed by atoms with Gasteiger partial charge in [0, 0.05) is 12.2 Å². The highest BCUT2D eigenvalue weighted by molar-refractivity contribution is 5.55. The first-order chi connectivity index (χ1) is 9.26. The molecule has 0 aliphatic carbocycles. The van der Waals surface area contributed by atoms with Crippen molar-refractivity contribution in [3.8, 4) is 0 Å². The van der Waals surface area contributed by atoms with Crippen molar-refractivity contribution >= 4 is 11.7 Å². The summed E-state index contributed by atoms with van der Waals surface area (Å²) < 4.78 is 6.39. The molecule has 98 valence electrons. The maximum Gasteiger partial charge on any atom is 0.438 e. The highest BCUT2D eigenvalue weighted by Gasteiger charge is 2.15. The predicted molar refractivity (Wildman–Crippen MR) is 74.6 cm³/mol. The van der Waals surface area contributed by atoms with E-state index < -0.39 is 5.76 Å². The van der Waals surface area contributed by atoms with Crippen LogP contribution in [0.2, 0.25) is 0 Å². The molecule has 1 aromatic heterocycles. The first kappa shape index (κ1) is 12.9. The molecule has 1 aromatic carbocycles. The van der Waals surface area contributed by atoms with Crippen LogP contribution >= 0.6 is 0 Å². The zero-order valence-corrected chi connectivity index (χ0v) is 10.5. The minimum Gasteiger partial charge on any atom is -0.373 e. The Bertz CT molecular complexity index is 613. The van der Waals surface area contributed by atoms with Gasteiger partial charge in [-0.2, -0.15) is 4.68 Å². The molecule has 0 saturated heterocycles. The van der Waals surface area contributed by atoms with Gasteiger partial charge in [-0.15, -0.1) is 18.3 Å². The van der Waals surface area contributed by atoms with Crippen LogP contribution in [0.25, 0.3) is 0 Å². The summed E-state index contributed by atoms with van der Waals surface area (Å²) in [5.41, 5.74) is 0.884. The minimum atomic E-state index is -0.500. The van der Waals surface area contributed by atoms with E-state index in [1.54, 1.807) is 17.1 Å². The van der Waals surface area contributed by atoms with E-state index in [-0.39, 0.29) is 6.01 Å². The van der Waals surface area contributed by atoms with Crippen LogP contribution < -0.4 is 10.7 Å². The summed E-state index contributed by atoms with van der Waals surface area (Å²) in [6.07, 6.45) is 3.31. The molecule has 5 nitrogen and oxygen atoms in total. The Labute approximate surface area is 111 Å². The van der Waals surface area contributed by atoms with Crippen LogP contribution in [0.3, 0.4) is 0 Å². The highest BCUT2D eigenvalue weighted by Crippen LogP contribution is 2.21. The van der Waals surface area contributed by atoms with Crippen molar-refractivity contribution < 1.29 is 4.42 Å². The monoisotopic (exact) mass is 257 g/mol. The van der Waals surface area contributed by atoms with Gasteiger partial charge in [-0.25, -0.2) is 4.79 Å². The molecular weight excluding hydrogens is 242 g/mol. The third-order valence-corrected chi connectivity index (χ3v) is 2.51. The van der Waals surface area contributed by atoms with E-state index in [2.05, 4.69) is 18.3 Å². The topological polar surface area (TPSA) is 51.3 Å². The van der Waals surface area contributed by atoms with Crippen LogP contribution in [0.5, 0.6) is 0 Å². The predicted octanol–water partition coefficient (Wildman–Crippen LogP) is 2.35. The zero-order chi connectivity index (χ0) is 13.7. The maximum atomic E-state index is 11.6. The molecule has 0 atom stereocenters. The summed E-state index contributed by atoms with van der Waals surface area (Å²) in [6.45, 7) is 8.10. The van der Waals surface area contributed by atoms with Crippen molar-refractivity contribution in [3.63, 3.8) is 0 Å². The molecule has 1 heterocycles. The SMILES string of the molecule is C=CCN(c1ccccc1)c1nn(CC=C)c(=O)o1. The Morgan fingerprint density at radius 1 is 1.26 bits per heavy atom. The number of hydrogen-bond donors (Lipinski definition) is 0. The molecule has 19 heavy (non-hydrogen) atoms. The second-order valence-electron chi connectivity index (χ2n) is 3.86. The molecule has 0 saturated carbocycles. The molecule has 0 aliphatic rings. The number of aromatic nitrogens is 2. The van der Waals surface area contributed by atoms with Crippen molar-refractivity contribution in [1.82, 2.24) is 9.78 Å². The van der Waals surface area contributed by atoms with Crippen molar-refractivity contribution in [1.29, 1.82) is 0 Å². The molecule has 2 aromatic rings. The molecule has 0 N–H and O–H groups in total. The molecule has 0 fully saturated rings. The van der Waals surface area contributed by atoms with E-state index in [0.29, 0.717) is 13.1 Å². The fourth-order valence-electron chi connectivity index (χ4n) is 1.67. The Balaban J connectivity index is 2.39. The lowest BCUT2D eigenvalue weighted by Crippen LogP contribution is -2.17. The van der Waals surface area contributed by atoms with Gasteiger partial charge < -0.3 is 4.42 Å². The number of hydrogen-bond acceptors (Lipinski definition) is 4. The fourth-order valence-corrected chi connectivity index (χ4v) is 1.67. The molecule has 5 heteroatoms. The van der Waals surface area contributed by atoms with Gasteiger partial charge in [-0.05, 0) is 12.1 Å². The second kappa shape index (κ2) is 5.86.